The summed E-state index contributed by atoms with van der Waals surface area (Å²) in [6, 6.07) is 10.1. The SMILES string of the molecule is Nc1ncc(C(=O)N2C[C@@H](c3ccccc3)O[C@@H](C3CC3)C2)s1. The number of amides is 1. The molecule has 0 spiro atoms. The third-order valence-electron chi connectivity index (χ3n) is 4.47. The molecule has 0 unspecified atom stereocenters. The molecular weight excluding hydrogens is 310 g/mol. The summed E-state index contributed by atoms with van der Waals surface area (Å²) >= 11 is 1.25. The Bertz CT molecular complexity index is 699. The first-order chi connectivity index (χ1) is 11.2. The van der Waals surface area contributed by atoms with Crippen LogP contribution in [-0.2, 0) is 4.74 Å². The molecule has 1 saturated heterocycles. The minimum absolute atomic E-state index is 0.00841. The van der Waals surface area contributed by atoms with Crippen LogP contribution < -0.4 is 5.73 Å². The molecular formula is C17H19N3O2S. The van der Waals surface area contributed by atoms with E-state index < -0.39 is 0 Å². The number of morpholine rings is 1. The molecule has 2 atom stereocenters. The van der Waals surface area contributed by atoms with Crippen LogP contribution in [0.4, 0.5) is 5.13 Å². The van der Waals surface area contributed by atoms with E-state index in [0.717, 1.165) is 5.56 Å². The number of aromatic nitrogens is 1. The average molecular weight is 329 g/mol. The summed E-state index contributed by atoms with van der Waals surface area (Å²) in [5.41, 5.74) is 6.79. The maximum atomic E-state index is 12.8. The molecule has 0 radical (unpaired) electrons. The second-order valence-corrected chi connectivity index (χ2v) is 7.25. The van der Waals surface area contributed by atoms with Gasteiger partial charge in [0.2, 0.25) is 0 Å². The molecule has 1 amide bonds. The van der Waals surface area contributed by atoms with Gasteiger partial charge >= 0.3 is 0 Å². The number of rotatable bonds is 3. The van der Waals surface area contributed by atoms with Crippen LogP contribution in [0.2, 0.25) is 0 Å². The minimum Gasteiger partial charge on any atom is -0.375 e. The molecule has 1 aliphatic carbocycles. The van der Waals surface area contributed by atoms with Crippen LogP contribution in [0.5, 0.6) is 0 Å². The highest BCUT2D eigenvalue weighted by molar-refractivity contribution is 7.17. The number of nitrogens with two attached hydrogens (primary N) is 1. The van der Waals surface area contributed by atoms with Crippen LogP contribution in [-0.4, -0.2) is 35.0 Å². The Morgan fingerprint density at radius 1 is 1.26 bits per heavy atom. The number of thiazole rings is 1. The highest BCUT2D eigenvalue weighted by atomic mass is 32.1. The van der Waals surface area contributed by atoms with Crippen LogP contribution in [0.25, 0.3) is 0 Å². The number of ether oxygens (including phenoxy) is 1. The lowest BCUT2D eigenvalue weighted by Gasteiger charge is -2.38. The number of hydrogen-bond acceptors (Lipinski definition) is 5. The van der Waals surface area contributed by atoms with Gasteiger partial charge in [-0.05, 0) is 24.3 Å². The van der Waals surface area contributed by atoms with Gasteiger partial charge in [-0.25, -0.2) is 4.98 Å². The quantitative estimate of drug-likeness (QED) is 0.940. The van der Waals surface area contributed by atoms with Crippen molar-refractivity contribution in [3.05, 3.63) is 47.0 Å². The fraction of sp³-hybridized carbons (Fsp3) is 0.412. The van der Waals surface area contributed by atoms with Crippen molar-refractivity contribution in [2.75, 3.05) is 18.8 Å². The molecule has 2 heterocycles. The van der Waals surface area contributed by atoms with E-state index in [0.29, 0.717) is 29.0 Å². The van der Waals surface area contributed by atoms with E-state index in [1.807, 2.05) is 23.1 Å². The molecule has 23 heavy (non-hydrogen) atoms. The van der Waals surface area contributed by atoms with Crippen molar-refractivity contribution in [3.8, 4) is 0 Å². The van der Waals surface area contributed by atoms with Gasteiger partial charge in [0.05, 0.1) is 18.8 Å². The molecule has 5 nitrogen and oxygen atoms in total. The van der Waals surface area contributed by atoms with E-state index in [1.165, 1.54) is 24.2 Å². The Hall–Kier alpha value is -1.92. The molecule has 2 N–H and O–H groups in total. The number of carbonyl (C=O) groups excluding carboxylic acids is 1. The Balaban J connectivity index is 1.57. The summed E-state index contributed by atoms with van der Waals surface area (Å²) in [6.45, 7) is 1.23. The normalized spacial score (nSPS) is 24.6. The van der Waals surface area contributed by atoms with Crippen LogP contribution in [0.15, 0.2) is 36.5 Å². The Morgan fingerprint density at radius 2 is 2.04 bits per heavy atom. The van der Waals surface area contributed by atoms with Crippen molar-refractivity contribution in [3.63, 3.8) is 0 Å². The smallest absolute Gasteiger partial charge is 0.265 e. The van der Waals surface area contributed by atoms with Crippen molar-refractivity contribution < 1.29 is 9.53 Å². The Labute approximate surface area is 139 Å². The zero-order valence-corrected chi connectivity index (χ0v) is 13.5. The number of benzene rings is 1. The molecule has 2 fully saturated rings. The third kappa shape index (κ3) is 3.09. The fourth-order valence-corrected chi connectivity index (χ4v) is 3.73. The zero-order chi connectivity index (χ0) is 15.8. The van der Waals surface area contributed by atoms with E-state index in [-0.39, 0.29) is 18.1 Å². The number of carbonyl (C=O) groups is 1. The van der Waals surface area contributed by atoms with Crippen LogP contribution in [0.1, 0.15) is 34.2 Å². The third-order valence-corrected chi connectivity index (χ3v) is 5.28. The van der Waals surface area contributed by atoms with Gasteiger partial charge < -0.3 is 15.4 Å². The van der Waals surface area contributed by atoms with E-state index in [9.17, 15) is 4.79 Å². The lowest BCUT2D eigenvalue weighted by atomic mass is 10.0. The largest absolute Gasteiger partial charge is 0.375 e. The summed E-state index contributed by atoms with van der Waals surface area (Å²) in [6.07, 6.45) is 4.03. The highest BCUT2D eigenvalue weighted by Crippen LogP contribution is 2.39. The molecule has 1 aliphatic heterocycles. The van der Waals surface area contributed by atoms with Gasteiger partial charge in [-0.15, -0.1) is 0 Å². The maximum absolute atomic E-state index is 12.8. The monoisotopic (exact) mass is 329 g/mol. The second kappa shape index (κ2) is 5.94. The molecule has 2 aliphatic rings. The topological polar surface area (TPSA) is 68.5 Å². The lowest BCUT2D eigenvalue weighted by Crippen LogP contribution is -2.47. The highest BCUT2D eigenvalue weighted by Gasteiger charge is 2.40. The van der Waals surface area contributed by atoms with Gasteiger partial charge in [0.25, 0.3) is 5.91 Å². The van der Waals surface area contributed by atoms with Crippen molar-refractivity contribution in [2.24, 2.45) is 5.92 Å². The van der Waals surface area contributed by atoms with Crippen LogP contribution >= 0.6 is 11.3 Å². The van der Waals surface area contributed by atoms with Crippen LogP contribution in [0, 0.1) is 5.92 Å². The molecule has 2 aromatic rings. The van der Waals surface area contributed by atoms with Crippen LogP contribution in [0.3, 0.4) is 0 Å². The first-order valence-electron chi connectivity index (χ1n) is 7.91. The summed E-state index contributed by atoms with van der Waals surface area (Å²) in [7, 11) is 0. The number of hydrogen-bond donors (Lipinski definition) is 1. The number of anilines is 1. The van der Waals surface area contributed by atoms with Gasteiger partial charge in [0, 0.05) is 6.54 Å². The van der Waals surface area contributed by atoms with Gasteiger partial charge in [-0.3, -0.25) is 4.79 Å². The summed E-state index contributed by atoms with van der Waals surface area (Å²) in [4.78, 5) is 19.3. The summed E-state index contributed by atoms with van der Waals surface area (Å²) in [5.74, 6) is 0.595. The minimum atomic E-state index is -0.0650. The first kappa shape index (κ1) is 14.7. The van der Waals surface area contributed by atoms with Gasteiger partial charge in [0.15, 0.2) is 5.13 Å². The zero-order valence-electron chi connectivity index (χ0n) is 12.7. The summed E-state index contributed by atoms with van der Waals surface area (Å²) in [5, 5.41) is 0.431. The average Bonchev–Trinajstić information content (AvgIpc) is 3.36. The first-order valence-corrected chi connectivity index (χ1v) is 8.73. The molecule has 4 rings (SSSR count). The predicted molar refractivity (Wildman–Crippen MR) is 89.2 cm³/mol. The standard InChI is InChI=1S/C17H19N3O2S/c18-17-19-8-15(23-17)16(21)20-9-13(11-4-2-1-3-5-11)22-14(10-20)12-6-7-12/h1-5,8,12-14H,6-7,9-10H2,(H2,18,19)/t13-,14+/m0/s1. The maximum Gasteiger partial charge on any atom is 0.265 e. The van der Waals surface area contributed by atoms with E-state index >= 15 is 0 Å². The molecule has 6 heteroatoms. The predicted octanol–water partition coefficient (Wildman–Crippen LogP) is 2.72. The molecule has 1 aromatic carbocycles. The Morgan fingerprint density at radius 3 is 2.70 bits per heavy atom. The van der Waals surface area contributed by atoms with Gasteiger partial charge in [-0.2, -0.15) is 0 Å². The molecule has 1 aromatic heterocycles. The molecule has 1 saturated carbocycles. The van der Waals surface area contributed by atoms with E-state index in [1.54, 1.807) is 6.20 Å². The van der Waals surface area contributed by atoms with Gasteiger partial charge in [0.1, 0.15) is 11.0 Å². The molecule has 120 valence electrons. The number of nitrogen functional groups attached to an aromatic ring is 1. The van der Waals surface area contributed by atoms with Crippen molar-refractivity contribution in [1.82, 2.24) is 9.88 Å². The van der Waals surface area contributed by atoms with E-state index in [2.05, 4.69) is 17.1 Å². The fourth-order valence-electron chi connectivity index (χ4n) is 3.08. The Kier molecular flexibility index (Phi) is 3.79. The van der Waals surface area contributed by atoms with Crippen molar-refractivity contribution >= 4 is 22.4 Å². The number of nitrogens with zero attached hydrogens (tertiary/aromatic N) is 2. The lowest BCUT2D eigenvalue weighted by molar-refractivity contribution is -0.0863. The second-order valence-electron chi connectivity index (χ2n) is 6.18. The van der Waals surface area contributed by atoms with E-state index in [4.69, 9.17) is 10.5 Å². The van der Waals surface area contributed by atoms with Crippen molar-refractivity contribution in [2.45, 2.75) is 25.0 Å². The van der Waals surface area contributed by atoms with Crippen molar-refractivity contribution in [1.29, 1.82) is 0 Å². The summed E-state index contributed by atoms with van der Waals surface area (Å²) < 4.78 is 6.29. The molecule has 0 bridgehead atoms. The van der Waals surface area contributed by atoms with Gasteiger partial charge in [-0.1, -0.05) is 41.7 Å².